The second-order valence-electron chi connectivity index (χ2n) is 6.99. The molecule has 2 aromatic heterocycles. The molecule has 1 aliphatic heterocycles. The van der Waals surface area contributed by atoms with Crippen LogP contribution in [0, 0.1) is 19.8 Å². The largest absolute Gasteiger partial charge is 0.493 e. The van der Waals surface area contributed by atoms with Crippen LogP contribution < -0.4 is 14.4 Å². The number of carbonyl (C=O) groups excluding carboxylic acids is 1. The molecule has 0 atom stereocenters. The normalized spacial score (nSPS) is 15.0. The van der Waals surface area contributed by atoms with E-state index in [-0.39, 0.29) is 11.9 Å². The monoisotopic (exact) mass is 397 g/mol. The number of anilines is 1. The number of piperidine rings is 1. The number of methoxy groups -OCH3 is 1. The maximum atomic E-state index is 12.6. The molecule has 1 saturated heterocycles. The van der Waals surface area contributed by atoms with Crippen LogP contribution in [0.2, 0.25) is 0 Å². The van der Waals surface area contributed by atoms with E-state index in [1.807, 2.05) is 12.1 Å². The molecule has 28 heavy (non-hydrogen) atoms. The molecule has 4 rings (SSSR count). The average Bonchev–Trinajstić information content (AvgIpc) is 3.02. The molecule has 0 N–H and O–H groups in total. The zero-order valence-corrected chi connectivity index (χ0v) is 17.1. The van der Waals surface area contributed by atoms with Crippen LogP contribution in [-0.2, 0) is 4.79 Å². The molecule has 1 aliphatic rings. The van der Waals surface area contributed by atoms with Crippen molar-refractivity contribution in [2.24, 2.45) is 5.92 Å². The summed E-state index contributed by atoms with van der Waals surface area (Å²) in [6, 6.07) is 7.23. The lowest BCUT2D eigenvalue weighted by molar-refractivity contribution is -0.139. The number of fused-ring (bicyclic) bond motifs is 1. The number of para-hydroxylation sites is 2. The van der Waals surface area contributed by atoms with Crippen molar-refractivity contribution in [2.45, 2.75) is 26.7 Å². The van der Waals surface area contributed by atoms with Gasteiger partial charge in [0.2, 0.25) is 0 Å². The Balaban J connectivity index is 1.46. The van der Waals surface area contributed by atoms with Crippen LogP contribution in [0.3, 0.4) is 0 Å². The summed E-state index contributed by atoms with van der Waals surface area (Å²) < 4.78 is 10.9. The summed E-state index contributed by atoms with van der Waals surface area (Å²) in [6.07, 6.45) is 3.11. The molecule has 1 fully saturated rings. The number of ether oxygens (including phenoxy) is 2. The first-order valence-corrected chi connectivity index (χ1v) is 10.2. The number of benzene rings is 1. The molecule has 0 radical (unpaired) electrons. The number of carbonyl (C=O) groups is 1. The van der Waals surface area contributed by atoms with Crippen LogP contribution in [0.5, 0.6) is 11.5 Å². The third kappa shape index (κ3) is 3.42. The molecule has 0 saturated carbocycles. The van der Waals surface area contributed by atoms with Crippen molar-refractivity contribution in [3.05, 3.63) is 41.0 Å². The first-order valence-electron chi connectivity index (χ1n) is 9.39. The maximum Gasteiger partial charge on any atom is 0.314 e. The van der Waals surface area contributed by atoms with Gasteiger partial charge in [-0.25, -0.2) is 9.97 Å². The van der Waals surface area contributed by atoms with Crippen LogP contribution in [0.1, 0.15) is 23.3 Å². The fourth-order valence-electron chi connectivity index (χ4n) is 3.63. The molecule has 0 unspecified atom stereocenters. The minimum absolute atomic E-state index is 0.121. The standard InChI is InChI=1S/C21H23N3O3S/c1-13-14(2)28-20-18(13)19(22-12-23-20)24-10-8-15(9-11-24)21(25)27-17-7-5-4-6-16(17)26-3/h4-7,12,15H,8-11H2,1-3H3. The molecule has 3 heterocycles. The van der Waals surface area contributed by atoms with Crippen molar-refractivity contribution < 1.29 is 14.3 Å². The molecule has 6 nitrogen and oxygen atoms in total. The van der Waals surface area contributed by atoms with Gasteiger partial charge in [0.25, 0.3) is 0 Å². The predicted molar refractivity (Wildman–Crippen MR) is 110 cm³/mol. The van der Waals surface area contributed by atoms with Gasteiger partial charge in [0.05, 0.1) is 18.4 Å². The topological polar surface area (TPSA) is 64.6 Å². The number of aryl methyl sites for hydroxylation is 2. The van der Waals surface area contributed by atoms with Crippen molar-refractivity contribution in [2.75, 3.05) is 25.1 Å². The molecule has 3 aromatic rings. The van der Waals surface area contributed by atoms with Crippen molar-refractivity contribution >= 4 is 33.3 Å². The molecule has 7 heteroatoms. The van der Waals surface area contributed by atoms with E-state index in [2.05, 4.69) is 28.7 Å². The Bertz CT molecular complexity index is 1010. The Morgan fingerprint density at radius 1 is 1.14 bits per heavy atom. The van der Waals surface area contributed by atoms with Gasteiger partial charge in [-0.15, -0.1) is 11.3 Å². The van der Waals surface area contributed by atoms with E-state index in [4.69, 9.17) is 9.47 Å². The van der Waals surface area contributed by atoms with Crippen molar-refractivity contribution in [3.63, 3.8) is 0 Å². The van der Waals surface area contributed by atoms with Crippen LogP contribution in [0.15, 0.2) is 30.6 Å². The molecule has 146 valence electrons. The van der Waals surface area contributed by atoms with Gasteiger partial charge < -0.3 is 14.4 Å². The highest BCUT2D eigenvalue weighted by Crippen LogP contribution is 2.36. The van der Waals surface area contributed by atoms with Crippen LogP contribution in [0.25, 0.3) is 10.2 Å². The molecule has 0 spiro atoms. The maximum absolute atomic E-state index is 12.6. The summed E-state index contributed by atoms with van der Waals surface area (Å²) in [4.78, 5) is 26.2. The zero-order valence-electron chi connectivity index (χ0n) is 16.3. The Kier molecular flexibility index (Phi) is 5.17. The molecule has 0 bridgehead atoms. The fourth-order valence-corrected chi connectivity index (χ4v) is 4.62. The van der Waals surface area contributed by atoms with E-state index in [9.17, 15) is 4.79 Å². The number of hydrogen-bond donors (Lipinski definition) is 0. The molecular formula is C21H23N3O3S. The molecule has 1 aromatic carbocycles. The molecule has 0 amide bonds. The predicted octanol–water partition coefficient (Wildman–Crippen LogP) is 4.14. The quantitative estimate of drug-likeness (QED) is 0.487. The third-order valence-electron chi connectivity index (χ3n) is 5.35. The lowest BCUT2D eigenvalue weighted by Gasteiger charge is -2.32. The number of hydrogen-bond acceptors (Lipinski definition) is 7. The number of rotatable bonds is 4. The van der Waals surface area contributed by atoms with Gasteiger partial charge in [0.15, 0.2) is 11.5 Å². The number of nitrogens with zero attached hydrogens (tertiary/aromatic N) is 3. The number of thiophene rings is 1. The summed E-state index contributed by atoms with van der Waals surface area (Å²) in [5, 5.41) is 1.14. The molecular weight excluding hydrogens is 374 g/mol. The number of aromatic nitrogens is 2. The van der Waals surface area contributed by atoms with Gasteiger partial charge in [-0.05, 0) is 44.4 Å². The fraction of sp³-hybridized carbons (Fsp3) is 0.381. The van der Waals surface area contributed by atoms with E-state index in [0.29, 0.717) is 11.5 Å². The van der Waals surface area contributed by atoms with Crippen LogP contribution >= 0.6 is 11.3 Å². The first-order chi connectivity index (χ1) is 13.6. The van der Waals surface area contributed by atoms with Gasteiger partial charge in [-0.2, -0.15) is 0 Å². The van der Waals surface area contributed by atoms with Crippen LogP contribution in [0.4, 0.5) is 5.82 Å². The Morgan fingerprint density at radius 2 is 1.86 bits per heavy atom. The highest BCUT2D eigenvalue weighted by atomic mass is 32.1. The first kappa shape index (κ1) is 18.7. The van der Waals surface area contributed by atoms with E-state index >= 15 is 0 Å². The smallest absolute Gasteiger partial charge is 0.314 e. The molecule has 0 aliphatic carbocycles. The zero-order chi connectivity index (χ0) is 19.7. The highest BCUT2D eigenvalue weighted by Gasteiger charge is 2.29. The van der Waals surface area contributed by atoms with Crippen molar-refractivity contribution in [1.82, 2.24) is 9.97 Å². The second-order valence-corrected chi connectivity index (χ2v) is 8.20. The van der Waals surface area contributed by atoms with Gasteiger partial charge in [-0.1, -0.05) is 12.1 Å². The summed E-state index contributed by atoms with van der Waals surface area (Å²) in [6.45, 7) is 5.78. The highest BCUT2D eigenvalue weighted by molar-refractivity contribution is 7.18. The Hall–Kier alpha value is -2.67. The lowest BCUT2D eigenvalue weighted by Crippen LogP contribution is -2.38. The second kappa shape index (κ2) is 7.75. The summed E-state index contributed by atoms with van der Waals surface area (Å²) >= 11 is 1.70. The minimum Gasteiger partial charge on any atom is -0.493 e. The van der Waals surface area contributed by atoms with Crippen molar-refractivity contribution in [3.8, 4) is 11.5 Å². The van der Waals surface area contributed by atoms with E-state index in [0.717, 1.165) is 42.0 Å². The summed E-state index contributed by atoms with van der Waals surface area (Å²) in [5.41, 5.74) is 1.24. The van der Waals surface area contributed by atoms with Gasteiger partial charge in [0, 0.05) is 18.0 Å². The Labute approximate surface area is 168 Å². The number of esters is 1. The van der Waals surface area contributed by atoms with E-state index in [1.165, 1.54) is 10.4 Å². The van der Waals surface area contributed by atoms with Gasteiger partial charge >= 0.3 is 5.97 Å². The summed E-state index contributed by atoms with van der Waals surface area (Å²) in [5.74, 6) is 1.70. The SMILES string of the molecule is COc1ccccc1OC(=O)C1CCN(c2ncnc3sc(C)c(C)c23)CC1. The van der Waals surface area contributed by atoms with Crippen LogP contribution in [-0.4, -0.2) is 36.1 Å². The Morgan fingerprint density at radius 3 is 2.57 bits per heavy atom. The van der Waals surface area contributed by atoms with E-state index in [1.54, 1.807) is 36.9 Å². The minimum atomic E-state index is -0.195. The van der Waals surface area contributed by atoms with Gasteiger partial charge in [0.1, 0.15) is 17.0 Å². The van der Waals surface area contributed by atoms with E-state index < -0.39 is 0 Å². The van der Waals surface area contributed by atoms with Gasteiger partial charge in [-0.3, -0.25) is 4.79 Å². The van der Waals surface area contributed by atoms with Crippen molar-refractivity contribution in [1.29, 1.82) is 0 Å². The third-order valence-corrected chi connectivity index (χ3v) is 6.47. The average molecular weight is 398 g/mol. The lowest BCUT2D eigenvalue weighted by atomic mass is 9.96. The summed E-state index contributed by atoms with van der Waals surface area (Å²) in [7, 11) is 1.57.